The molecular weight excluding hydrogens is 350 g/mol. The smallest absolute Gasteiger partial charge is 0.341 e. The lowest BCUT2D eigenvalue weighted by atomic mass is 9.85. The maximum Gasteiger partial charge on any atom is 0.341 e. The first kappa shape index (κ1) is 21.6. The fraction of sp³-hybridized carbons (Fsp3) is 0.700. The first-order valence-corrected chi connectivity index (χ1v) is 9.47. The zero-order valence-electron chi connectivity index (χ0n) is 16.8. The number of ether oxygens (including phenoxy) is 2. The van der Waals surface area contributed by atoms with Crippen LogP contribution in [0.3, 0.4) is 0 Å². The van der Waals surface area contributed by atoms with Crippen LogP contribution < -0.4 is 0 Å². The van der Waals surface area contributed by atoms with Crippen LogP contribution >= 0.6 is 0 Å². The number of allylic oxidation sites excluding steroid dienone is 1. The van der Waals surface area contributed by atoms with Gasteiger partial charge in [0.2, 0.25) is 0 Å². The van der Waals surface area contributed by atoms with Crippen molar-refractivity contribution < 1.29 is 29.3 Å². The van der Waals surface area contributed by atoms with Gasteiger partial charge in [-0.1, -0.05) is 26.0 Å². The van der Waals surface area contributed by atoms with Crippen molar-refractivity contribution in [2.45, 2.75) is 64.9 Å². The van der Waals surface area contributed by atoms with Gasteiger partial charge in [0.05, 0.1) is 12.1 Å². The molecule has 0 aromatic heterocycles. The molecule has 0 spiro atoms. The van der Waals surface area contributed by atoms with E-state index in [4.69, 9.17) is 9.47 Å². The van der Waals surface area contributed by atoms with Crippen LogP contribution in [-0.2, 0) is 19.1 Å². The second-order valence-electron chi connectivity index (χ2n) is 7.66. The van der Waals surface area contributed by atoms with Gasteiger partial charge in [-0.3, -0.25) is 4.90 Å². The Morgan fingerprint density at radius 2 is 2.07 bits per heavy atom. The van der Waals surface area contributed by atoms with E-state index in [0.29, 0.717) is 12.1 Å². The van der Waals surface area contributed by atoms with E-state index >= 15 is 0 Å². The molecule has 2 aliphatic rings. The fourth-order valence-electron chi connectivity index (χ4n) is 3.63. The number of aliphatic hydroxyl groups excluding tert-OH is 1. The number of nitrogens with zero attached hydrogens (tertiary/aromatic N) is 1. The van der Waals surface area contributed by atoms with E-state index in [1.807, 2.05) is 6.08 Å². The monoisotopic (exact) mass is 381 g/mol. The standard InChI is InChI=1S/C20H31NO6/c1-6-13(4)18(23)27-16-8-10-21-9-7-15(17(16)21)11-26-19(24)20(25,12(2)3)14(5)22/h6-7,12,14,16-17,22,25H,8-11H2,1-5H3/b13-6-/t14-,16+,17+,20-/m0/s1. The lowest BCUT2D eigenvalue weighted by molar-refractivity contribution is -0.183. The first-order valence-electron chi connectivity index (χ1n) is 9.47. The average Bonchev–Trinajstić information content (AvgIpc) is 3.20. The highest BCUT2D eigenvalue weighted by molar-refractivity contribution is 5.87. The molecule has 0 unspecified atom stereocenters. The largest absolute Gasteiger partial charge is 0.459 e. The van der Waals surface area contributed by atoms with Gasteiger partial charge in [0.1, 0.15) is 12.7 Å². The Morgan fingerprint density at radius 3 is 2.63 bits per heavy atom. The Balaban J connectivity index is 2.03. The molecule has 2 heterocycles. The summed E-state index contributed by atoms with van der Waals surface area (Å²) < 4.78 is 11.0. The van der Waals surface area contributed by atoms with E-state index in [2.05, 4.69) is 4.90 Å². The molecule has 27 heavy (non-hydrogen) atoms. The lowest BCUT2D eigenvalue weighted by Crippen LogP contribution is -2.53. The summed E-state index contributed by atoms with van der Waals surface area (Å²) in [4.78, 5) is 26.7. The number of rotatable bonds is 7. The summed E-state index contributed by atoms with van der Waals surface area (Å²) in [5.74, 6) is -1.68. The van der Waals surface area contributed by atoms with E-state index in [-0.39, 0.29) is 24.7 Å². The minimum atomic E-state index is -1.95. The highest BCUT2D eigenvalue weighted by Crippen LogP contribution is 2.32. The van der Waals surface area contributed by atoms with Crippen molar-refractivity contribution in [1.82, 2.24) is 4.90 Å². The Hall–Kier alpha value is -1.70. The van der Waals surface area contributed by atoms with Crippen molar-refractivity contribution in [3.8, 4) is 0 Å². The number of esters is 2. The molecule has 2 aliphatic heterocycles. The van der Waals surface area contributed by atoms with Crippen LogP contribution in [0.25, 0.3) is 0 Å². The van der Waals surface area contributed by atoms with Gasteiger partial charge in [0, 0.05) is 18.7 Å². The zero-order chi connectivity index (χ0) is 20.4. The first-order chi connectivity index (χ1) is 12.6. The molecule has 0 saturated carbocycles. The third-order valence-electron chi connectivity index (χ3n) is 5.64. The lowest BCUT2D eigenvalue weighted by Gasteiger charge is -2.32. The van der Waals surface area contributed by atoms with Crippen molar-refractivity contribution in [3.05, 3.63) is 23.3 Å². The van der Waals surface area contributed by atoms with Gasteiger partial charge in [-0.2, -0.15) is 0 Å². The molecule has 0 aliphatic carbocycles. The maximum absolute atomic E-state index is 12.4. The number of carbonyl (C=O) groups excluding carboxylic acids is 2. The molecule has 152 valence electrons. The van der Waals surface area contributed by atoms with Gasteiger partial charge in [-0.05, 0) is 38.7 Å². The van der Waals surface area contributed by atoms with Gasteiger partial charge in [-0.25, -0.2) is 9.59 Å². The third kappa shape index (κ3) is 4.25. The Bertz CT molecular complexity index is 628. The van der Waals surface area contributed by atoms with Crippen molar-refractivity contribution in [2.75, 3.05) is 19.7 Å². The highest BCUT2D eigenvalue weighted by atomic mass is 16.6. The molecule has 4 atom stereocenters. The molecule has 1 fully saturated rings. The molecule has 7 heteroatoms. The number of hydrogen-bond acceptors (Lipinski definition) is 7. The van der Waals surface area contributed by atoms with Gasteiger partial charge in [0.15, 0.2) is 5.60 Å². The minimum Gasteiger partial charge on any atom is -0.459 e. The number of carbonyl (C=O) groups is 2. The van der Waals surface area contributed by atoms with E-state index < -0.39 is 23.6 Å². The summed E-state index contributed by atoms with van der Waals surface area (Å²) in [5, 5.41) is 20.4. The van der Waals surface area contributed by atoms with Crippen LogP contribution in [0.2, 0.25) is 0 Å². The summed E-state index contributed by atoms with van der Waals surface area (Å²) in [5.41, 5.74) is -0.542. The molecule has 7 nitrogen and oxygen atoms in total. The van der Waals surface area contributed by atoms with Crippen LogP contribution in [0.1, 0.15) is 41.0 Å². The summed E-state index contributed by atoms with van der Waals surface area (Å²) in [6.07, 6.45) is 2.87. The van der Waals surface area contributed by atoms with Gasteiger partial charge in [-0.15, -0.1) is 0 Å². The average molecular weight is 381 g/mol. The van der Waals surface area contributed by atoms with Gasteiger partial charge in [0.25, 0.3) is 0 Å². The van der Waals surface area contributed by atoms with E-state index in [9.17, 15) is 19.8 Å². The normalized spacial score (nSPS) is 26.4. The van der Waals surface area contributed by atoms with E-state index in [1.165, 1.54) is 6.92 Å². The maximum atomic E-state index is 12.4. The molecule has 0 aromatic carbocycles. The summed E-state index contributed by atoms with van der Waals surface area (Å²) in [7, 11) is 0. The molecular formula is C20H31NO6. The topological polar surface area (TPSA) is 96.3 Å². The molecule has 0 amide bonds. The van der Waals surface area contributed by atoms with E-state index in [0.717, 1.165) is 18.5 Å². The molecule has 0 aromatic rings. The fourth-order valence-corrected chi connectivity index (χ4v) is 3.63. The van der Waals surface area contributed by atoms with Crippen LogP contribution in [0.15, 0.2) is 23.3 Å². The summed E-state index contributed by atoms with van der Waals surface area (Å²) in [6, 6.07) is -0.120. The van der Waals surface area contributed by atoms with Gasteiger partial charge >= 0.3 is 11.9 Å². The molecule has 0 radical (unpaired) electrons. The SMILES string of the molecule is C/C=C(/C)C(=O)O[C@@H]1CCN2CC=C(COC(=O)[C@](O)(C(C)C)[C@H](C)O)[C@H]12. The second kappa shape index (κ2) is 8.54. The summed E-state index contributed by atoms with van der Waals surface area (Å²) >= 11 is 0. The van der Waals surface area contributed by atoms with Crippen molar-refractivity contribution in [1.29, 1.82) is 0 Å². The van der Waals surface area contributed by atoms with Crippen molar-refractivity contribution >= 4 is 11.9 Å². The molecule has 0 bridgehead atoms. The number of fused-ring (bicyclic) bond motifs is 1. The predicted molar refractivity (Wildman–Crippen MR) is 99.8 cm³/mol. The highest BCUT2D eigenvalue weighted by Gasteiger charge is 2.47. The Labute approximate surface area is 160 Å². The van der Waals surface area contributed by atoms with Crippen molar-refractivity contribution in [3.63, 3.8) is 0 Å². The predicted octanol–water partition coefficient (Wildman–Crippen LogP) is 1.19. The van der Waals surface area contributed by atoms with E-state index in [1.54, 1.807) is 33.8 Å². The van der Waals surface area contributed by atoms with Crippen LogP contribution in [0.5, 0.6) is 0 Å². The van der Waals surface area contributed by atoms with Crippen LogP contribution in [-0.4, -0.2) is 70.6 Å². The number of aliphatic hydroxyl groups is 2. The Morgan fingerprint density at radius 1 is 1.41 bits per heavy atom. The number of hydrogen-bond donors (Lipinski definition) is 2. The van der Waals surface area contributed by atoms with Crippen molar-refractivity contribution in [2.24, 2.45) is 5.92 Å². The zero-order valence-corrected chi connectivity index (χ0v) is 16.8. The molecule has 1 saturated heterocycles. The molecule has 2 N–H and O–H groups in total. The molecule has 2 rings (SSSR count). The van der Waals surface area contributed by atoms with Crippen LogP contribution in [0.4, 0.5) is 0 Å². The quantitative estimate of drug-likeness (QED) is 0.388. The Kier molecular flexibility index (Phi) is 6.83. The summed E-state index contributed by atoms with van der Waals surface area (Å²) in [6.45, 7) is 9.68. The van der Waals surface area contributed by atoms with Gasteiger partial charge < -0.3 is 19.7 Å². The minimum absolute atomic E-state index is 0.00159. The third-order valence-corrected chi connectivity index (χ3v) is 5.64. The second-order valence-corrected chi connectivity index (χ2v) is 7.66. The van der Waals surface area contributed by atoms with Crippen LogP contribution in [0, 0.1) is 5.92 Å².